The molecule has 1 amide bonds. The Hall–Kier alpha value is -3.64. The van der Waals surface area contributed by atoms with Crippen LogP contribution in [0.2, 0.25) is 0 Å². The number of benzene rings is 2. The van der Waals surface area contributed by atoms with Crippen LogP contribution in [0.4, 0.5) is 5.69 Å². The van der Waals surface area contributed by atoms with Gasteiger partial charge in [0.05, 0.1) is 10.3 Å². The van der Waals surface area contributed by atoms with Crippen LogP contribution in [0.3, 0.4) is 0 Å². The van der Waals surface area contributed by atoms with Crippen LogP contribution < -0.4 is 15.8 Å². The predicted molar refractivity (Wildman–Crippen MR) is 107 cm³/mol. The van der Waals surface area contributed by atoms with Crippen molar-refractivity contribution in [1.29, 1.82) is 0 Å². The molecule has 1 aromatic heterocycles. The molecule has 0 unspecified atom stereocenters. The van der Waals surface area contributed by atoms with Crippen molar-refractivity contribution >= 4 is 32.4 Å². The average Bonchev–Trinajstić information content (AvgIpc) is 2.74. The molecule has 0 aliphatic rings. The Balaban J connectivity index is 1.96. The molecule has 0 aliphatic heterocycles. The Morgan fingerprint density at radius 2 is 1.77 bits per heavy atom. The Kier molecular flexibility index (Phi) is 5.89. The molecule has 0 aliphatic carbocycles. The number of para-hydroxylation sites is 1. The number of hydrazine groups is 1. The Morgan fingerprint density at radius 3 is 2.43 bits per heavy atom. The number of nitrogens with one attached hydrogen (secondary N) is 2. The fourth-order valence-electron chi connectivity index (χ4n) is 2.83. The topological polar surface area (TPSA) is 153 Å². The fraction of sp³-hybridized carbons (Fsp3) is 0.167. The molecule has 30 heavy (non-hydrogen) atoms. The summed E-state index contributed by atoms with van der Waals surface area (Å²) in [6, 6.07) is 11.0. The summed E-state index contributed by atoms with van der Waals surface area (Å²) in [5, 5.41) is 15.7. The summed E-state index contributed by atoms with van der Waals surface area (Å²) in [4.78, 5) is 36.6. The number of sulfonamides is 1. The second-order valence-corrected chi connectivity index (χ2v) is 7.86. The first-order chi connectivity index (χ1) is 14.3. The van der Waals surface area contributed by atoms with Crippen LogP contribution >= 0.6 is 0 Å². The standard InChI is InChI=1S/C18H17N5O6S/c1-2-11-22-18(25)13-8-4-3-7-12(13)16(20-22)17(24)19-21-30(28,29)15-10-6-5-9-14(15)23(26)27/h3-10,21H,2,11H2,1H3,(H,19,24). The molecular weight excluding hydrogens is 414 g/mol. The Morgan fingerprint density at radius 1 is 1.13 bits per heavy atom. The van der Waals surface area contributed by atoms with Gasteiger partial charge in [0.15, 0.2) is 10.6 Å². The molecule has 0 saturated heterocycles. The van der Waals surface area contributed by atoms with Gasteiger partial charge in [0, 0.05) is 18.0 Å². The van der Waals surface area contributed by atoms with Gasteiger partial charge >= 0.3 is 0 Å². The maximum absolute atomic E-state index is 12.7. The predicted octanol–water partition coefficient (Wildman–Crippen LogP) is 1.34. The molecule has 0 spiro atoms. The number of hydrogen-bond donors (Lipinski definition) is 2. The largest absolute Gasteiger partial charge is 0.289 e. The molecule has 3 rings (SSSR count). The number of fused-ring (bicyclic) bond motifs is 1. The molecule has 12 heteroatoms. The number of rotatable bonds is 7. The number of nitro groups is 1. The number of aryl methyl sites for hydroxylation is 1. The van der Waals surface area contributed by atoms with Crippen molar-refractivity contribution < 1.29 is 18.1 Å². The van der Waals surface area contributed by atoms with Gasteiger partial charge in [-0.25, -0.2) is 13.1 Å². The van der Waals surface area contributed by atoms with E-state index >= 15 is 0 Å². The second kappa shape index (κ2) is 8.39. The molecule has 1 heterocycles. The van der Waals surface area contributed by atoms with Crippen LogP contribution in [0, 0.1) is 10.1 Å². The molecule has 0 bridgehead atoms. The Bertz CT molecular complexity index is 1300. The maximum Gasteiger partial charge on any atom is 0.289 e. The van der Waals surface area contributed by atoms with E-state index in [0.29, 0.717) is 6.42 Å². The molecule has 0 atom stereocenters. The molecule has 156 valence electrons. The third kappa shape index (κ3) is 4.04. The zero-order chi connectivity index (χ0) is 21.9. The van der Waals surface area contributed by atoms with Crippen LogP contribution in [-0.4, -0.2) is 29.0 Å². The van der Waals surface area contributed by atoms with Gasteiger partial charge in [-0.2, -0.15) is 5.10 Å². The smallest absolute Gasteiger partial charge is 0.272 e. The number of amides is 1. The van der Waals surface area contributed by atoms with Gasteiger partial charge in [0.25, 0.3) is 27.2 Å². The van der Waals surface area contributed by atoms with Crippen molar-refractivity contribution in [3.05, 3.63) is 74.7 Å². The van der Waals surface area contributed by atoms with E-state index in [9.17, 15) is 28.1 Å². The average molecular weight is 431 g/mol. The molecule has 3 aromatic rings. The summed E-state index contributed by atoms with van der Waals surface area (Å²) in [5.41, 5.74) is 0.834. The number of carbonyl (C=O) groups is 1. The lowest BCUT2D eigenvalue weighted by molar-refractivity contribution is -0.387. The van der Waals surface area contributed by atoms with Crippen molar-refractivity contribution in [3.63, 3.8) is 0 Å². The molecule has 0 radical (unpaired) electrons. The minimum absolute atomic E-state index is 0.163. The van der Waals surface area contributed by atoms with Gasteiger partial charge in [0.2, 0.25) is 0 Å². The molecule has 11 nitrogen and oxygen atoms in total. The molecular formula is C18H17N5O6S. The monoisotopic (exact) mass is 431 g/mol. The second-order valence-electron chi connectivity index (χ2n) is 6.21. The third-order valence-electron chi connectivity index (χ3n) is 4.17. The molecule has 2 N–H and O–H groups in total. The van der Waals surface area contributed by atoms with Crippen LogP contribution in [0.25, 0.3) is 10.8 Å². The van der Waals surface area contributed by atoms with E-state index in [4.69, 9.17) is 0 Å². The highest BCUT2D eigenvalue weighted by Gasteiger charge is 2.26. The fourth-order valence-corrected chi connectivity index (χ4v) is 3.84. The highest BCUT2D eigenvalue weighted by atomic mass is 32.2. The van der Waals surface area contributed by atoms with E-state index < -0.39 is 31.4 Å². The number of nitro benzene ring substituents is 1. The summed E-state index contributed by atoms with van der Waals surface area (Å²) in [7, 11) is -4.44. The first-order valence-corrected chi connectivity index (χ1v) is 10.3. The molecule has 0 saturated carbocycles. The van der Waals surface area contributed by atoms with Crippen molar-refractivity contribution in [2.75, 3.05) is 0 Å². The Labute approximate surface area is 170 Å². The highest BCUT2D eigenvalue weighted by Crippen LogP contribution is 2.22. The highest BCUT2D eigenvalue weighted by molar-refractivity contribution is 7.89. The first-order valence-electron chi connectivity index (χ1n) is 8.81. The lowest BCUT2D eigenvalue weighted by Gasteiger charge is -2.12. The van der Waals surface area contributed by atoms with Crippen LogP contribution in [0.15, 0.2) is 58.2 Å². The van der Waals surface area contributed by atoms with Crippen LogP contribution in [0.5, 0.6) is 0 Å². The summed E-state index contributed by atoms with van der Waals surface area (Å²) in [5.74, 6) is -0.918. The SMILES string of the molecule is CCCn1nc(C(=O)NNS(=O)(=O)c2ccccc2[N+](=O)[O-])c2ccccc2c1=O. The van der Waals surface area contributed by atoms with Gasteiger partial charge in [-0.1, -0.05) is 37.3 Å². The van der Waals surface area contributed by atoms with Gasteiger partial charge < -0.3 is 0 Å². The van der Waals surface area contributed by atoms with Crippen molar-refractivity contribution in [3.8, 4) is 0 Å². The van der Waals surface area contributed by atoms with Crippen LogP contribution in [-0.2, 0) is 16.6 Å². The minimum Gasteiger partial charge on any atom is -0.272 e. The zero-order valence-electron chi connectivity index (χ0n) is 15.7. The lowest BCUT2D eigenvalue weighted by Crippen LogP contribution is -2.42. The van der Waals surface area contributed by atoms with E-state index in [1.54, 1.807) is 18.2 Å². The van der Waals surface area contributed by atoms with Crippen molar-refractivity contribution in [2.45, 2.75) is 24.8 Å². The number of hydrogen-bond acceptors (Lipinski definition) is 7. The van der Waals surface area contributed by atoms with Gasteiger partial charge in [-0.15, -0.1) is 4.83 Å². The van der Waals surface area contributed by atoms with E-state index in [1.165, 1.54) is 18.2 Å². The normalized spacial score (nSPS) is 11.4. The quantitative estimate of drug-likeness (QED) is 0.423. The van der Waals surface area contributed by atoms with Gasteiger partial charge in [-0.05, 0) is 18.6 Å². The summed E-state index contributed by atoms with van der Waals surface area (Å²) in [6.45, 7) is 2.11. The zero-order valence-corrected chi connectivity index (χ0v) is 16.5. The van der Waals surface area contributed by atoms with E-state index in [0.717, 1.165) is 16.8 Å². The first kappa shape index (κ1) is 21.1. The van der Waals surface area contributed by atoms with Gasteiger partial charge in [0.1, 0.15) is 0 Å². The molecule has 2 aromatic carbocycles. The van der Waals surface area contributed by atoms with E-state index in [-0.39, 0.29) is 28.6 Å². The third-order valence-corrected chi connectivity index (χ3v) is 5.46. The van der Waals surface area contributed by atoms with Gasteiger partial charge in [-0.3, -0.25) is 25.1 Å². The summed E-state index contributed by atoms with van der Waals surface area (Å²) >= 11 is 0. The lowest BCUT2D eigenvalue weighted by atomic mass is 10.1. The molecule has 0 fully saturated rings. The van der Waals surface area contributed by atoms with E-state index in [2.05, 4.69) is 5.10 Å². The van der Waals surface area contributed by atoms with E-state index in [1.807, 2.05) is 17.2 Å². The summed E-state index contributed by atoms with van der Waals surface area (Å²) in [6.07, 6.45) is 0.594. The number of carbonyl (C=O) groups excluding carboxylic acids is 1. The van der Waals surface area contributed by atoms with Crippen LogP contribution in [0.1, 0.15) is 23.8 Å². The van der Waals surface area contributed by atoms with Crippen molar-refractivity contribution in [2.24, 2.45) is 0 Å². The number of nitrogens with zero attached hydrogens (tertiary/aromatic N) is 3. The maximum atomic E-state index is 12.7. The number of aromatic nitrogens is 2. The van der Waals surface area contributed by atoms with Crippen molar-refractivity contribution in [1.82, 2.24) is 20.0 Å². The summed E-state index contributed by atoms with van der Waals surface area (Å²) < 4.78 is 26.1. The minimum atomic E-state index is -4.44.